The van der Waals surface area contributed by atoms with Crippen molar-refractivity contribution in [1.29, 1.82) is 0 Å². The van der Waals surface area contributed by atoms with Gasteiger partial charge in [-0.1, -0.05) is 6.92 Å². The predicted octanol–water partition coefficient (Wildman–Crippen LogP) is 2.54. The highest BCUT2D eigenvalue weighted by atomic mass is 16.6. The van der Waals surface area contributed by atoms with Crippen molar-refractivity contribution in [3.8, 4) is 0 Å². The van der Waals surface area contributed by atoms with Gasteiger partial charge in [-0.15, -0.1) is 0 Å². The second-order valence-corrected chi connectivity index (χ2v) is 4.71. The van der Waals surface area contributed by atoms with Gasteiger partial charge in [-0.3, -0.25) is 10.1 Å². The van der Waals surface area contributed by atoms with Crippen molar-refractivity contribution < 1.29 is 19.6 Å². The first-order chi connectivity index (χ1) is 9.92. The van der Waals surface area contributed by atoms with Crippen LogP contribution in [0.2, 0.25) is 0 Å². The second-order valence-electron chi connectivity index (χ2n) is 4.71. The number of carboxylic acids is 1. The summed E-state index contributed by atoms with van der Waals surface area (Å²) in [5, 5.41) is 20.1. The van der Waals surface area contributed by atoms with Gasteiger partial charge in [0.15, 0.2) is 0 Å². The topological polar surface area (TPSA) is 92.9 Å². The number of hydrogen-bond acceptors (Lipinski definition) is 5. The van der Waals surface area contributed by atoms with E-state index in [4.69, 9.17) is 9.84 Å². The fourth-order valence-corrected chi connectivity index (χ4v) is 2.04. The number of methoxy groups -OCH3 is 1. The van der Waals surface area contributed by atoms with Crippen LogP contribution in [0.5, 0.6) is 0 Å². The molecule has 1 rings (SSSR count). The van der Waals surface area contributed by atoms with Crippen LogP contribution in [0.3, 0.4) is 0 Å². The van der Waals surface area contributed by atoms with Crippen molar-refractivity contribution in [2.24, 2.45) is 0 Å². The van der Waals surface area contributed by atoms with Crippen molar-refractivity contribution in [2.75, 3.05) is 25.2 Å². The van der Waals surface area contributed by atoms with Crippen LogP contribution in [0.25, 0.3) is 0 Å². The molecule has 7 heteroatoms. The summed E-state index contributed by atoms with van der Waals surface area (Å²) in [7, 11) is 1.59. The summed E-state index contributed by atoms with van der Waals surface area (Å²) in [6.45, 7) is 5.09. The van der Waals surface area contributed by atoms with E-state index in [0.29, 0.717) is 18.8 Å². The number of ether oxygens (including phenoxy) is 1. The van der Waals surface area contributed by atoms with Crippen molar-refractivity contribution in [2.45, 2.75) is 26.3 Å². The molecule has 0 fully saturated rings. The largest absolute Gasteiger partial charge is 0.477 e. The number of rotatable bonds is 8. The first-order valence-electron chi connectivity index (χ1n) is 6.69. The van der Waals surface area contributed by atoms with Crippen LogP contribution >= 0.6 is 0 Å². The average molecular weight is 296 g/mol. The highest BCUT2D eigenvalue weighted by Crippen LogP contribution is 2.27. The number of nitro groups is 1. The maximum atomic E-state index is 11.1. The average Bonchev–Trinajstić information content (AvgIpc) is 2.46. The molecule has 21 heavy (non-hydrogen) atoms. The highest BCUT2D eigenvalue weighted by molar-refractivity contribution is 5.93. The molecule has 1 atom stereocenters. The molecule has 0 amide bonds. The third-order valence-corrected chi connectivity index (χ3v) is 3.40. The Morgan fingerprint density at radius 1 is 1.52 bits per heavy atom. The summed E-state index contributed by atoms with van der Waals surface area (Å²) in [6, 6.07) is 4.34. The third kappa shape index (κ3) is 4.16. The first kappa shape index (κ1) is 16.9. The molecule has 1 unspecified atom stereocenters. The van der Waals surface area contributed by atoms with Gasteiger partial charge >= 0.3 is 5.97 Å². The molecule has 1 aromatic carbocycles. The summed E-state index contributed by atoms with van der Waals surface area (Å²) in [5.74, 6) is -1.31. The maximum Gasteiger partial charge on any atom is 0.342 e. The van der Waals surface area contributed by atoms with E-state index in [0.717, 1.165) is 6.42 Å². The van der Waals surface area contributed by atoms with Crippen molar-refractivity contribution in [3.05, 3.63) is 33.9 Å². The Kier molecular flexibility index (Phi) is 6.10. The summed E-state index contributed by atoms with van der Waals surface area (Å²) in [5.41, 5.74) is -0.0802. The molecule has 0 heterocycles. The number of nitro benzene ring substituents is 1. The molecule has 0 radical (unpaired) electrons. The van der Waals surface area contributed by atoms with Gasteiger partial charge in [0.2, 0.25) is 0 Å². The van der Waals surface area contributed by atoms with E-state index in [1.165, 1.54) is 12.1 Å². The van der Waals surface area contributed by atoms with Gasteiger partial charge < -0.3 is 14.7 Å². The van der Waals surface area contributed by atoms with Gasteiger partial charge in [0.25, 0.3) is 5.69 Å². The Hall–Kier alpha value is -2.15. The molecule has 0 saturated carbocycles. The summed E-state index contributed by atoms with van der Waals surface area (Å²) in [4.78, 5) is 23.4. The fraction of sp³-hybridized carbons (Fsp3) is 0.500. The Bertz CT molecular complexity index is 518. The van der Waals surface area contributed by atoms with Gasteiger partial charge in [-0.05, 0) is 25.5 Å². The fourth-order valence-electron chi connectivity index (χ4n) is 2.04. The maximum absolute atomic E-state index is 11.1. The molecule has 0 aliphatic rings. The zero-order valence-corrected chi connectivity index (χ0v) is 12.4. The van der Waals surface area contributed by atoms with Crippen LogP contribution in [0.15, 0.2) is 18.2 Å². The van der Waals surface area contributed by atoms with Crippen molar-refractivity contribution >= 4 is 17.3 Å². The lowest BCUT2D eigenvalue weighted by Gasteiger charge is -2.30. The minimum atomic E-state index is -1.31. The van der Waals surface area contributed by atoms with E-state index < -0.39 is 16.6 Å². The van der Waals surface area contributed by atoms with E-state index in [2.05, 4.69) is 0 Å². The van der Waals surface area contributed by atoms with Crippen molar-refractivity contribution in [3.63, 3.8) is 0 Å². The third-order valence-electron chi connectivity index (χ3n) is 3.40. The van der Waals surface area contributed by atoms with Gasteiger partial charge in [0.05, 0.1) is 11.5 Å². The van der Waals surface area contributed by atoms with E-state index in [-0.39, 0.29) is 11.6 Å². The minimum absolute atomic E-state index is 0.162. The number of carboxylic acid groups (broad SMARTS) is 1. The van der Waals surface area contributed by atoms with Crippen LogP contribution in [0.4, 0.5) is 11.4 Å². The SMILES string of the molecule is CCC(C)N(CCOC)c1ccc(C(=O)O)c([N+](=O)[O-])c1. The number of benzene rings is 1. The Balaban J connectivity index is 3.23. The molecule has 1 aromatic rings. The normalized spacial score (nSPS) is 12.0. The summed E-state index contributed by atoms with van der Waals surface area (Å²) >= 11 is 0. The molecule has 0 spiro atoms. The number of nitrogens with zero attached hydrogens (tertiary/aromatic N) is 2. The van der Waals surface area contributed by atoms with E-state index in [9.17, 15) is 14.9 Å². The molecule has 0 saturated heterocycles. The molecule has 116 valence electrons. The quantitative estimate of drug-likeness (QED) is 0.585. The number of anilines is 1. The van der Waals surface area contributed by atoms with Crippen LogP contribution in [-0.4, -0.2) is 42.3 Å². The van der Waals surface area contributed by atoms with Crippen molar-refractivity contribution in [1.82, 2.24) is 0 Å². The van der Waals surface area contributed by atoms with Crippen LogP contribution in [0.1, 0.15) is 30.6 Å². The van der Waals surface area contributed by atoms with E-state index >= 15 is 0 Å². The molecule has 0 aliphatic carbocycles. The Morgan fingerprint density at radius 2 is 2.19 bits per heavy atom. The molecular formula is C14H20N2O5. The highest BCUT2D eigenvalue weighted by Gasteiger charge is 2.23. The van der Waals surface area contributed by atoms with Gasteiger partial charge in [0, 0.05) is 31.5 Å². The zero-order valence-electron chi connectivity index (χ0n) is 12.4. The van der Waals surface area contributed by atoms with E-state index in [1.807, 2.05) is 18.7 Å². The Morgan fingerprint density at radius 3 is 2.67 bits per heavy atom. The summed E-state index contributed by atoms with van der Waals surface area (Å²) < 4.78 is 5.06. The zero-order chi connectivity index (χ0) is 16.0. The smallest absolute Gasteiger partial charge is 0.342 e. The Labute approximate surface area is 123 Å². The van der Waals surface area contributed by atoms with Gasteiger partial charge in [-0.2, -0.15) is 0 Å². The van der Waals surface area contributed by atoms with E-state index in [1.54, 1.807) is 13.2 Å². The number of aromatic carboxylic acids is 1. The predicted molar refractivity (Wildman–Crippen MR) is 79.0 cm³/mol. The van der Waals surface area contributed by atoms with Crippen LogP contribution in [-0.2, 0) is 4.74 Å². The molecule has 0 aliphatic heterocycles. The molecular weight excluding hydrogens is 276 g/mol. The lowest BCUT2D eigenvalue weighted by atomic mass is 10.1. The second kappa shape index (κ2) is 7.58. The first-order valence-corrected chi connectivity index (χ1v) is 6.69. The molecule has 0 bridgehead atoms. The molecule has 0 aromatic heterocycles. The number of carbonyl (C=O) groups is 1. The lowest BCUT2D eigenvalue weighted by molar-refractivity contribution is -0.385. The van der Waals surface area contributed by atoms with Crippen LogP contribution in [0, 0.1) is 10.1 Å². The standard InChI is InChI=1S/C14H20N2O5/c1-4-10(2)15(7-8-21-3)11-5-6-12(14(17)18)13(9-11)16(19)20/h5-6,9-10H,4,7-8H2,1-3H3,(H,17,18). The van der Waals surface area contributed by atoms with Gasteiger partial charge in [0.1, 0.15) is 5.56 Å². The molecule has 1 N–H and O–H groups in total. The molecule has 7 nitrogen and oxygen atoms in total. The number of hydrogen-bond donors (Lipinski definition) is 1. The van der Waals surface area contributed by atoms with Gasteiger partial charge in [-0.25, -0.2) is 4.79 Å². The minimum Gasteiger partial charge on any atom is -0.477 e. The lowest BCUT2D eigenvalue weighted by Crippen LogP contribution is -2.35. The summed E-state index contributed by atoms with van der Waals surface area (Å²) in [6.07, 6.45) is 0.859. The van der Waals surface area contributed by atoms with Crippen LogP contribution < -0.4 is 4.90 Å². The monoisotopic (exact) mass is 296 g/mol.